The third-order valence-corrected chi connectivity index (χ3v) is 11.0. The molecule has 0 saturated heterocycles. The van der Waals surface area contributed by atoms with Gasteiger partial charge in [0.2, 0.25) is 0 Å². The topological polar surface area (TPSA) is 0 Å². The second-order valence-electron chi connectivity index (χ2n) is 11.4. The van der Waals surface area contributed by atoms with Crippen molar-refractivity contribution in [1.29, 1.82) is 0 Å². The highest BCUT2D eigenvalue weighted by molar-refractivity contribution is 6.92. The predicted molar refractivity (Wildman–Crippen MR) is 158 cm³/mol. The van der Waals surface area contributed by atoms with Crippen molar-refractivity contribution in [1.82, 2.24) is 0 Å². The molecule has 5 aromatic carbocycles. The second-order valence-corrected chi connectivity index (χ2v) is 21.5. The summed E-state index contributed by atoms with van der Waals surface area (Å²) in [5.41, 5.74) is 5.57. The van der Waals surface area contributed by atoms with Crippen molar-refractivity contribution in [3.05, 3.63) is 97.1 Å². The first kappa shape index (κ1) is 22.8. The summed E-state index contributed by atoms with van der Waals surface area (Å²) in [4.78, 5) is 0. The number of benzene rings is 5. The maximum absolute atomic E-state index is 2.49. The third-order valence-electron chi connectivity index (χ3n) is 6.90. The van der Waals surface area contributed by atoms with Crippen LogP contribution in [0.5, 0.6) is 0 Å². The minimum absolute atomic E-state index is 1.35. The minimum atomic E-state index is -1.71. The molecule has 5 rings (SSSR count). The van der Waals surface area contributed by atoms with Gasteiger partial charge >= 0.3 is 0 Å². The van der Waals surface area contributed by atoms with E-state index < -0.39 is 16.1 Å². The van der Waals surface area contributed by atoms with Gasteiger partial charge in [-0.15, -0.1) is 0 Å². The maximum Gasteiger partial charge on any atom is 0.0792 e. The van der Waals surface area contributed by atoms with Crippen LogP contribution in [0.4, 0.5) is 0 Å². The van der Waals surface area contributed by atoms with Crippen molar-refractivity contribution in [2.75, 3.05) is 0 Å². The zero-order chi connectivity index (χ0) is 24.1. The molecule has 0 radical (unpaired) electrons. The Morgan fingerprint density at radius 1 is 0.382 bits per heavy atom. The molecule has 0 aliphatic heterocycles. The highest BCUT2D eigenvalue weighted by Gasteiger charge is 2.28. The lowest BCUT2D eigenvalue weighted by Crippen LogP contribution is -2.40. The first-order chi connectivity index (χ1) is 16.2. The fourth-order valence-electron chi connectivity index (χ4n) is 5.51. The Hall–Kier alpha value is -2.95. The molecule has 0 aliphatic carbocycles. The van der Waals surface area contributed by atoms with Crippen LogP contribution in [-0.2, 0) is 0 Å². The van der Waals surface area contributed by atoms with Crippen LogP contribution in [0.15, 0.2) is 97.1 Å². The lowest BCUT2D eigenvalue weighted by molar-refractivity contribution is 1.60. The van der Waals surface area contributed by atoms with E-state index in [1.165, 1.54) is 49.0 Å². The van der Waals surface area contributed by atoms with Crippen molar-refractivity contribution in [2.24, 2.45) is 0 Å². The zero-order valence-corrected chi connectivity index (χ0v) is 23.2. The fourth-order valence-corrected chi connectivity index (χ4v) is 9.18. The van der Waals surface area contributed by atoms with Gasteiger partial charge in [0, 0.05) is 0 Å². The molecule has 0 bridgehead atoms. The average molecular weight is 475 g/mol. The van der Waals surface area contributed by atoms with Crippen molar-refractivity contribution in [2.45, 2.75) is 39.3 Å². The molecule has 0 saturated carbocycles. The van der Waals surface area contributed by atoms with Gasteiger partial charge in [-0.25, -0.2) is 0 Å². The lowest BCUT2D eigenvalue weighted by atomic mass is 9.89. The SMILES string of the molecule is C[Si](C)(C)c1ccccc1-c1ccccc1-c1c([Si](C)(C)C)c2ccccc2c2ccccc12. The lowest BCUT2D eigenvalue weighted by Gasteiger charge is -2.28. The molecule has 0 amide bonds. The van der Waals surface area contributed by atoms with E-state index in [1.807, 2.05) is 0 Å². The van der Waals surface area contributed by atoms with Gasteiger partial charge in [0.25, 0.3) is 0 Å². The first-order valence-electron chi connectivity index (χ1n) is 12.3. The smallest absolute Gasteiger partial charge is 0.0656 e. The molecular formula is C32H34Si2. The summed E-state index contributed by atoms with van der Waals surface area (Å²) in [7, 11) is -3.23. The molecule has 0 spiro atoms. The molecule has 0 aromatic heterocycles. The van der Waals surface area contributed by atoms with Crippen molar-refractivity contribution >= 4 is 48.1 Å². The number of hydrogen-bond acceptors (Lipinski definition) is 0. The van der Waals surface area contributed by atoms with Crippen LogP contribution >= 0.6 is 0 Å². The van der Waals surface area contributed by atoms with Crippen LogP contribution in [0.1, 0.15) is 0 Å². The summed E-state index contributed by atoms with van der Waals surface area (Å²) in [6, 6.07) is 36.3. The molecule has 2 heteroatoms. The molecular weight excluding hydrogens is 441 g/mol. The predicted octanol–water partition coefficient (Wildman–Crippen LogP) is 8.42. The maximum atomic E-state index is 2.49. The van der Waals surface area contributed by atoms with E-state index in [2.05, 4.69) is 136 Å². The van der Waals surface area contributed by atoms with Crippen LogP contribution < -0.4 is 10.4 Å². The van der Waals surface area contributed by atoms with Gasteiger partial charge in [0.15, 0.2) is 0 Å². The van der Waals surface area contributed by atoms with Gasteiger partial charge in [-0.05, 0) is 49.0 Å². The molecule has 34 heavy (non-hydrogen) atoms. The number of rotatable bonds is 4. The molecule has 170 valence electrons. The van der Waals surface area contributed by atoms with Gasteiger partial charge in [0.1, 0.15) is 0 Å². The van der Waals surface area contributed by atoms with Gasteiger partial charge in [-0.2, -0.15) is 0 Å². The summed E-state index contributed by atoms with van der Waals surface area (Å²) in [5.74, 6) is 0. The van der Waals surface area contributed by atoms with Crippen LogP contribution in [0.2, 0.25) is 39.3 Å². The molecule has 0 heterocycles. The van der Waals surface area contributed by atoms with E-state index in [9.17, 15) is 0 Å². The standard InChI is InChI=1S/C32H34Si2/c1-33(2,3)30-22-14-13-18-26(30)25-17-8-11-20-28(25)31-27-19-10-7-15-23(27)24-16-9-12-21-29(24)32(31)34(4,5)6/h7-22H,1-6H3. The third kappa shape index (κ3) is 3.85. The fraction of sp³-hybridized carbons (Fsp3) is 0.188. The summed E-state index contributed by atoms with van der Waals surface area (Å²) in [6.45, 7) is 14.8. The highest BCUT2D eigenvalue weighted by Crippen LogP contribution is 2.39. The monoisotopic (exact) mass is 474 g/mol. The Kier molecular flexibility index (Phi) is 5.62. The van der Waals surface area contributed by atoms with Gasteiger partial charge < -0.3 is 0 Å². The quantitative estimate of drug-likeness (QED) is 0.181. The molecule has 0 atom stereocenters. The molecule has 0 N–H and O–H groups in total. The van der Waals surface area contributed by atoms with E-state index in [1.54, 1.807) is 5.19 Å². The van der Waals surface area contributed by atoms with Gasteiger partial charge in [0.05, 0.1) is 16.1 Å². The van der Waals surface area contributed by atoms with E-state index in [0.717, 1.165) is 0 Å². The van der Waals surface area contributed by atoms with Crippen LogP contribution in [0.3, 0.4) is 0 Å². The van der Waals surface area contributed by atoms with Gasteiger partial charge in [-0.3, -0.25) is 0 Å². The average Bonchev–Trinajstić information content (AvgIpc) is 2.82. The Labute approximate surface area is 206 Å². The summed E-state index contributed by atoms with van der Waals surface area (Å²) >= 11 is 0. The number of hydrogen-bond donors (Lipinski definition) is 0. The Balaban J connectivity index is 1.98. The summed E-state index contributed by atoms with van der Waals surface area (Å²) < 4.78 is 0. The summed E-state index contributed by atoms with van der Waals surface area (Å²) in [6.07, 6.45) is 0. The Morgan fingerprint density at radius 2 is 0.824 bits per heavy atom. The second kappa shape index (κ2) is 8.37. The molecule has 5 aromatic rings. The Bertz CT molecular complexity index is 1510. The Morgan fingerprint density at radius 3 is 1.41 bits per heavy atom. The van der Waals surface area contributed by atoms with E-state index >= 15 is 0 Å². The minimum Gasteiger partial charge on any atom is -0.0656 e. The van der Waals surface area contributed by atoms with Crippen LogP contribution in [-0.4, -0.2) is 16.1 Å². The molecule has 0 aliphatic rings. The molecule has 0 unspecified atom stereocenters. The van der Waals surface area contributed by atoms with Crippen LogP contribution in [0.25, 0.3) is 43.8 Å². The summed E-state index contributed by atoms with van der Waals surface area (Å²) in [5, 5.41) is 8.62. The van der Waals surface area contributed by atoms with Gasteiger partial charge in [-0.1, -0.05) is 142 Å². The van der Waals surface area contributed by atoms with Crippen molar-refractivity contribution in [3.8, 4) is 22.3 Å². The highest BCUT2D eigenvalue weighted by atomic mass is 28.3. The number of fused-ring (bicyclic) bond motifs is 3. The van der Waals surface area contributed by atoms with Crippen LogP contribution in [0, 0.1) is 0 Å². The molecule has 0 nitrogen and oxygen atoms in total. The van der Waals surface area contributed by atoms with Crippen molar-refractivity contribution in [3.63, 3.8) is 0 Å². The van der Waals surface area contributed by atoms with E-state index in [-0.39, 0.29) is 0 Å². The largest absolute Gasteiger partial charge is 0.0792 e. The zero-order valence-electron chi connectivity index (χ0n) is 21.2. The van der Waals surface area contributed by atoms with E-state index in [0.29, 0.717) is 0 Å². The first-order valence-corrected chi connectivity index (χ1v) is 19.3. The normalized spacial score (nSPS) is 12.4. The van der Waals surface area contributed by atoms with Crippen molar-refractivity contribution < 1.29 is 0 Å². The molecule has 0 fully saturated rings. The van der Waals surface area contributed by atoms with E-state index in [4.69, 9.17) is 0 Å².